The summed E-state index contributed by atoms with van der Waals surface area (Å²) in [6.45, 7) is 3.59. The Kier molecular flexibility index (Phi) is 6.83. The molecule has 9 heteroatoms. The summed E-state index contributed by atoms with van der Waals surface area (Å²) < 4.78 is 17.6. The van der Waals surface area contributed by atoms with Crippen LogP contribution in [0.25, 0.3) is 0 Å². The van der Waals surface area contributed by atoms with Crippen molar-refractivity contribution >= 4 is 23.2 Å². The Hall–Kier alpha value is -4.11. The van der Waals surface area contributed by atoms with Gasteiger partial charge in [-0.05, 0) is 55.7 Å². The predicted octanol–water partition coefficient (Wildman–Crippen LogP) is 4.03. The number of anilines is 2. The SMILES string of the molecule is CN1C(=O)[C@@H](NC(=O)c2cc(Oc3ccccc3)ccn2)COc2ccc(N3CCC4(CCCOC4)C3)cc21. The van der Waals surface area contributed by atoms with Gasteiger partial charge in [-0.15, -0.1) is 0 Å². The molecule has 2 aromatic carbocycles. The zero-order valence-corrected chi connectivity index (χ0v) is 22.0. The molecule has 1 N–H and O–H groups in total. The third-order valence-corrected chi connectivity index (χ3v) is 7.79. The molecule has 0 bridgehead atoms. The lowest BCUT2D eigenvalue weighted by Gasteiger charge is -2.33. The molecule has 3 aliphatic rings. The van der Waals surface area contributed by atoms with Crippen LogP contribution in [0.4, 0.5) is 11.4 Å². The number of aromatic nitrogens is 1. The summed E-state index contributed by atoms with van der Waals surface area (Å²) in [6, 6.07) is 17.6. The lowest BCUT2D eigenvalue weighted by molar-refractivity contribution is -0.120. The van der Waals surface area contributed by atoms with Crippen LogP contribution in [0.3, 0.4) is 0 Å². The first-order chi connectivity index (χ1) is 19.0. The zero-order chi connectivity index (χ0) is 26.8. The average molecular weight is 529 g/mol. The monoisotopic (exact) mass is 528 g/mol. The molecule has 202 valence electrons. The van der Waals surface area contributed by atoms with E-state index < -0.39 is 11.9 Å². The van der Waals surface area contributed by atoms with Gasteiger partial charge in [0.25, 0.3) is 11.8 Å². The van der Waals surface area contributed by atoms with E-state index in [1.165, 1.54) is 12.6 Å². The molecule has 4 heterocycles. The summed E-state index contributed by atoms with van der Waals surface area (Å²) in [4.78, 5) is 34.6. The van der Waals surface area contributed by atoms with E-state index in [1.807, 2.05) is 48.5 Å². The Morgan fingerprint density at radius 3 is 2.79 bits per heavy atom. The first kappa shape index (κ1) is 25.2. The fourth-order valence-electron chi connectivity index (χ4n) is 5.63. The molecule has 2 atom stereocenters. The maximum absolute atomic E-state index is 13.4. The van der Waals surface area contributed by atoms with E-state index in [4.69, 9.17) is 14.2 Å². The summed E-state index contributed by atoms with van der Waals surface area (Å²) in [5.41, 5.74) is 2.11. The molecule has 2 fully saturated rings. The van der Waals surface area contributed by atoms with Crippen LogP contribution in [-0.2, 0) is 9.53 Å². The molecule has 39 heavy (non-hydrogen) atoms. The Bertz CT molecular complexity index is 1360. The fraction of sp³-hybridized carbons (Fsp3) is 0.367. The van der Waals surface area contributed by atoms with E-state index in [1.54, 1.807) is 24.1 Å². The normalized spacial score (nSPS) is 22.7. The highest BCUT2D eigenvalue weighted by atomic mass is 16.5. The number of amides is 2. The standard InChI is InChI=1S/C30H32N4O5/c1-33-26-16-21(34-14-12-30(19-34)11-5-15-37-20-30)8-9-27(26)38-18-25(29(33)36)32-28(35)24-17-23(10-13-31-24)39-22-6-3-2-4-7-22/h2-4,6-10,13,16-17,25H,5,11-12,14-15,18-20H2,1H3,(H,32,35)/t25-,30?/m0/s1. The average Bonchev–Trinajstić information content (AvgIpc) is 3.33. The number of hydrogen-bond acceptors (Lipinski definition) is 7. The van der Waals surface area contributed by atoms with Gasteiger partial charge in [-0.25, -0.2) is 0 Å². The number of rotatable bonds is 5. The van der Waals surface area contributed by atoms with Crippen molar-refractivity contribution in [1.29, 1.82) is 0 Å². The van der Waals surface area contributed by atoms with Crippen LogP contribution in [0.15, 0.2) is 66.9 Å². The van der Waals surface area contributed by atoms with Gasteiger partial charge in [-0.3, -0.25) is 14.6 Å². The van der Waals surface area contributed by atoms with E-state index in [0.717, 1.165) is 44.8 Å². The summed E-state index contributed by atoms with van der Waals surface area (Å²) in [6.07, 6.45) is 4.91. The van der Waals surface area contributed by atoms with E-state index in [-0.39, 0.29) is 23.6 Å². The topological polar surface area (TPSA) is 93.2 Å². The van der Waals surface area contributed by atoms with Crippen molar-refractivity contribution in [2.24, 2.45) is 5.41 Å². The molecule has 9 nitrogen and oxygen atoms in total. The van der Waals surface area contributed by atoms with Crippen LogP contribution in [0.5, 0.6) is 17.2 Å². The van der Waals surface area contributed by atoms with Gasteiger partial charge in [-0.2, -0.15) is 0 Å². The zero-order valence-electron chi connectivity index (χ0n) is 22.0. The number of nitrogens with zero attached hydrogens (tertiary/aromatic N) is 3. The molecule has 0 saturated carbocycles. The Labute approximate surface area is 227 Å². The maximum Gasteiger partial charge on any atom is 0.270 e. The van der Waals surface area contributed by atoms with Crippen molar-refractivity contribution in [2.45, 2.75) is 25.3 Å². The molecule has 1 spiro atoms. The third kappa shape index (κ3) is 5.27. The minimum Gasteiger partial charge on any atom is -0.489 e. The second-order valence-electron chi connectivity index (χ2n) is 10.5. The molecule has 1 aromatic heterocycles. The Morgan fingerprint density at radius 2 is 1.97 bits per heavy atom. The van der Waals surface area contributed by atoms with Gasteiger partial charge in [0.1, 0.15) is 35.6 Å². The number of nitrogens with one attached hydrogen (secondary N) is 1. The number of hydrogen-bond donors (Lipinski definition) is 1. The Balaban J connectivity index is 1.14. The highest BCUT2D eigenvalue weighted by Gasteiger charge is 2.40. The van der Waals surface area contributed by atoms with Gasteiger partial charge >= 0.3 is 0 Å². The maximum atomic E-state index is 13.4. The Morgan fingerprint density at radius 1 is 1.10 bits per heavy atom. The lowest BCUT2D eigenvalue weighted by atomic mass is 9.82. The van der Waals surface area contributed by atoms with Crippen LogP contribution in [0, 0.1) is 5.41 Å². The minimum atomic E-state index is -0.867. The van der Waals surface area contributed by atoms with E-state index in [2.05, 4.69) is 15.2 Å². The number of likely N-dealkylation sites (N-methyl/N-ethyl adjacent to an activating group) is 1. The van der Waals surface area contributed by atoms with Crippen molar-refractivity contribution in [1.82, 2.24) is 10.3 Å². The highest BCUT2D eigenvalue weighted by Crippen LogP contribution is 2.42. The van der Waals surface area contributed by atoms with Crippen molar-refractivity contribution in [3.05, 3.63) is 72.6 Å². The van der Waals surface area contributed by atoms with E-state index in [0.29, 0.717) is 22.9 Å². The molecule has 1 unspecified atom stereocenters. The van der Waals surface area contributed by atoms with Gasteiger partial charge in [-0.1, -0.05) is 18.2 Å². The summed E-state index contributed by atoms with van der Waals surface area (Å²) in [5, 5.41) is 2.79. The predicted molar refractivity (Wildman–Crippen MR) is 147 cm³/mol. The van der Waals surface area contributed by atoms with Gasteiger partial charge in [0.15, 0.2) is 0 Å². The van der Waals surface area contributed by atoms with Crippen molar-refractivity contribution < 1.29 is 23.8 Å². The van der Waals surface area contributed by atoms with E-state index in [9.17, 15) is 9.59 Å². The molecule has 6 rings (SSSR count). The van der Waals surface area contributed by atoms with Crippen LogP contribution in [-0.4, -0.2) is 62.8 Å². The van der Waals surface area contributed by atoms with Gasteiger partial charge < -0.3 is 29.3 Å². The number of pyridine rings is 1. The molecular formula is C30H32N4O5. The summed E-state index contributed by atoms with van der Waals surface area (Å²) in [5.74, 6) is 1.00. The number of carbonyl (C=O) groups is 2. The van der Waals surface area contributed by atoms with Crippen molar-refractivity contribution in [3.8, 4) is 17.2 Å². The molecular weight excluding hydrogens is 496 g/mol. The summed E-state index contributed by atoms with van der Waals surface area (Å²) in [7, 11) is 1.71. The second kappa shape index (κ2) is 10.6. The molecule has 3 aliphatic heterocycles. The smallest absolute Gasteiger partial charge is 0.270 e. The lowest BCUT2D eigenvalue weighted by Crippen LogP contribution is -2.49. The molecule has 2 amide bonds. The second-order valence-corrected chi connectivity index (χ2v) is 10.5. The van der Waals surface area contributed by atoms with Gasteiger partial charge in [0.2, 0.25) is 0 Å². The van der Waals surface area contributed by atoms with Crippen molar-refractivity contribution in [3.63, 3.8) is 0 Å². The highest BCUT2D eigenvalue weighted by molar-refractivity contribution is 6.03. The first-order valence-corrected chi connectivity index (χ1v) is 13.4. The first-order valence-electron chi connectivity index (χ1n) is 13.4. The van der Waals surface area contributed by atoms with E-state index >= 15 is 0 Å². The summed E-state index contributed by atoms with van der Waals surface area (Å²) >= 11 is 0. The van der Waals surface area contributed by atoms with Crippen LogP contribution < -0.4 is 24.6 Å². The number of ether oxygens (including phenoxy) is 3. The molecule has 0 aliphatic carbocycles. The quantitative estimate of drug-likeness (QED) is 0.534. The number of carbonyl (C=O) groups excluding carboxylic acids is 2. The molecule has 2 saturated heterocycles. The van der Waals surface area contributed by atoms with Crippen LogP contribution in [0.1, 0.15) is 29.8 Å². The number of benzene rings is 2. The van der Waals surface area contributed by atoms with Crippen LogP contribution >= 0.6 is 0 Å². The minimum absolute atomic E-state index is 0.0195. The third-order valence-electron chi connectivity index (χ3n) is 7.79. The fourth-order valence-corrected chi connectivity index (χ4v) is 5.63. The number of para-hydroxylation sites is 1. The molecule has 3 aromatic rings. The van der Waals surface area contributed by atoms with Gasteiger partial charge in [0.05, 0.1) is 12.3 Å². The van der Waals surface area contributed by atoms with Crippen molar-refractivity contribution in [2.75, 3.05) is 49.8 Å². The van der Waals surface area contributed by atoms with Crippen LogP contribution in [0.2, 0.25) is 0 Å². The number of fused-ring (bicyclic) bond motifs is 1. The van der Waals surface area contributed by atoms with Gasteiger partial charge in [0, 0.05) is 50.1 Å². The molecule has 0 radical (unpaired) electrons. The largest absolute Gasteiger partial charge is 0.489 e.